The smallest absolute Gasteiger partial charge is 0.408 e. The Balaban J connectivity index is 0.971. The first-order chi connectivity index (χ1) is 33.2. The van der Waals surface area contributed by atoms with Gasteiger partial charge in [-0.15, -0.1) is 11.8 Å². The van der Waals surface area contributed by atoms with Gasteiger partial charge in [0, 0.05) is 37.4 Å². The predicted octanol–water partition coefficient (Wildman–Crippen LogP) is 8.24. The number of fused-ring (bicyclic) bond motifs is 3. The number of hydrogen-bond donors (Lipinski definition) is 2. The number of aliphatic carboxylic acids is 1. The molecule has 15 nitrogen and oxygen atoms in total. The highest BCUT2D eigenvalue weighted by Gasteiger charge is 2.57. The SMILES string of the molecule is Cn1nc(C(=O)N2CCS[C@]2(C(=O)O)[C@@H](Cc2c(Cl)c[n+]([O-])cc2Cl)c2ccc(OC(F)F)c(OCC3CC3)c2)cc1COc1cccc(C(NC(=O)O[C@H]2CN3CCC2CC3)c2ccccc2)c1. The monoisotopic (exact) mass is 1010 g/mol. The Morgan fingerprint density at radius 2 is 1.67 bits per heavy atom. The Hall–Kier alpha value is -5.82. The van der Waals surface area contributed by atoms with E-state index in [1.54, 1.807) is 13.1 Å². The van der Waals surface area contributed by atoms with Gasteiger partial charge in [-0.05, 0) is 104 Å². The van der Waals surface area contributed by atoms with Crippen LogP contribution in [-0.4, -0.2) is 98.8 Å². The van der Waals surface area contributed by atoms with Crippen molar-refractivity contribution in [3.8, 4) is 17.2 Å². The van der Waals surface area contributed by atoms with Crippen molar-refractivity contribution < 1.29 is 51.9 Å². The van der Waals surface area contributed by atoms with Crippen LogP contribution in [0, 0.1) is 17.0 Å². The molecule has 4 aliphatic heterocycles. The molecule has 5 aliphatic rings. The fraction of sp³-hybridized carbons (Fsp3) is 0.408. The molecule has 1 saturated carbocycles. The van der Waals surface area contributed by atoms with Gasteiger partial charge in [-0.1, -0.05) is 71.7 Å². The highest BCUT2D eigenvalue weighted by atomic mass is 35.5. The number of aromatic nitrogens is 3. The summed E-state index contributed by atoms with van der Waals surface area (Å²) in [5, 5.41) is 31.1. The van der Waals surface area contributed by atoms with E-state index in [9.17, 15) is 33.5 Å². The van der Waals surface area contributed by atoms with Gasteiger partial charge in [0.2, 0.25) is 0 Å². The number of alkyl carbamates (subject to hydrolysis) is 1. The fourth-order valence-corrected chi connectivity index (χ4v) is 11.6. The molecular formula is C49H50Cl2F2N6O9S. The minimum absolute atomic E-state index is 0.000229. The molecule has 2 N–H and O–H groups in total. The number of ether oxygens (including phenoxy) is 4. The van der Waals surface area contributed by atoms with Crippen LogP contribution in [0.2, 0.25) is 10.0 Å². The number of nitrogens with one attached hydrogen (secondary N) is 1. The fourth-order valence-electron chi connectivity index (χ4n) is 9.52. The number of carboxylic acids is 1. The number of hydrogen-bond acceptors (Lipinski definition) is 11. The Labute approximate surface area is 411 Å². The molecule has 20 heteroatoms. The van der Waals surface area contributed by atoms with Crippen LogP contribution < -0.4 is 24.3 Å². The normalized spacial score (nSPS) is 21.7. The number of benzene rings is 3. The Kier molecular flexibility index (Phi) is 14.4. The molecule has 4 saturated heterocycles. The lowest BCUT2D eigenvalue weighted by atomic mass is 9.84. The van der Waals surface area contributed by atoms with Crippen molar-refractivity contribution in [3.05, 3.63) is 140 Å². The zero-order valence-electron chi connectivity index (χ0n) is 37.5. The van der Waals surface area contributed by atoms with Gasteiger partial charge in [-0.3, -0.25) is 14.4 Å². The van der Waals surface area contributed by atoms with Crippen molar-refractivity contribution >= 4 is 52.9 Å². The highest BCUT2D eigenvalue weighted by molar-refractivity contribution is 8.01. The largest absolute Gasteiger partial charge is 0.619 e. The van der Waals surface area contributed by atoms with Crippen molar-refractivity contribution in [2.24, 2.45) is 18.9 Å². The maximum Gasteiger partial charge on any atom is 0.408 e. The molecule has 3 aromatic carbocycles. The molecule has 10 rings (SSSR count). The lowest BCUT2D eigenvalue weighted by molar-refractivity contribution is -0.605. The van der Waals surface area contributed by atoms with Crippen LogP contribution in [0.5, 0.6) is 17.2 Å². The number of alkyl halides is 2. The van der Waals surface area contributed by atoms with Crippen molar-refractivity contribution in [3.63, 3.8) is 0 Å². The lowest BCUT2D eigenvalue weighted by Gasteiger charge is -2.43. The summed E-state index contributed by atoms with van der Waals surface area (Å²) in [7, 11) is 1.64. The molecule has 2 amide bonds. The molecule has 0 spiro atoms. The third kappa shape index (κ3) is 10.7. The van der Waals surface area contributed by atoms with Gasteiger partial charge in [0.15, 0.2) is 34.5 Å². The number of halogens is 4. The van der Waals surface area contributed by atoms with Crippen molar-refractivity contribution in [2.45, 2.75) is 68.3 Å². The van der Waals surface area contributed by atoms with Gasteiger partial charge in [0.25, 0.3) is 5.91 Å². The number of carbonyl (C=O) groups is 3. The summed E-state index contributed by atoms with van der Waals surface area (Å²) >= 11 is 14.2. The molecule has 364 valence electrons. The van der Waals surface area contributed by atoms with Crippen LogP contribution in [-0.2, 0) is 29.6 Å². The van der Waals surface area contributed by atoms with E-state index in [1.807, 2.05) is 48.5 Å². The number of amides is 2. The first kappa shape index (κ1) is 48.2. The van der Waals surface area contributed by atoms with Gasteiger partial charge in [-0.2, -0.15) is 18.6 Å². The molecule has 2 aromatic heterocycles. The molecule has 5 aromatic rings. The van der Waals surface area contributed by atoms with Crippen molar-refractivity contribution in [1.82, 2.24) is 24.9 Å². The molecule has 6 heterocycles. The van der Waals surface area contributed by atoms with Crippen molar-refractivity contribution in [1.29, 1.82) is 0 Å². The van der Waals surface area contributed by atoms with Crippen LogP contribution in [0.25, 0.3) is 0 Å². The molecule has 0 radical (unpaired) electrons. The van der Waals surface area contributed by atoms with Gasteiger partial charge in [0.05, 0.1) is 18.3 Å². The zero-order valence-corrected chi connectivity index (χ0v) is 39.8. The number of piperidine rings is 3. The first-order valence-electron chi connectivity index (χ1n) is 22.7. The standard InChI is InChI=1S/C49H50Cl2F2N6O9S/c1-56-34(28-65-35-9-5-8-33(20-35)44(31-6-3-2-4-7-31)54-48(63)68-43-26-57-16-14-30(43)15-17-57)22-40(55-56)45(60)59-18-19-69-49(59,46(61)62)37(23-36-38(50)24-58(64)25-39(36)51)32-12-13-41(67-47(52)53)42(21-32)66-27-29-10-11-29/h2-9,12-13,20-22,24-25,29-30,37,43-44,47H,10-11,14-19,23,26-28H2,1H3,(H,54,63)(H,61,62)/t37-,43-,44?,49-/m0/s1. The quantitative estimate of drug-likeness (QED) is 0.0638. The Morgan fingerprint density at radius 1 is 0.928 bits per heavy atom. The topological polar surface area (TPSA) is 172 Å². The highest BCUT2D eigenvalue weighted by Crippen LogP contribution is 2.51. The molecule has 1 unspecified atom stereocenters. The van der Waals surface area contributed by atoms with E-state index >= 15 is 0 Å². The zero-order chi connectivity index (χ0) is 48.4. The Bertz CT molecular complexity index is 2670. The first-order valence-corrected chi connectivity index (χ1v) is 24.5. The molecule has 5 fully saturated rings. The summed E-state index contributed by atoms with van der Waals surface area (Å²) in [6.45, 7) is -0.181. The van der Waals surface area contributed by atoms with E-state index in [0.29, 0.717) is 27.7 Å². The number of aryl methyl sites for hydroxylation is 1. The van der Waals surface area contributed by atoms with E-state index in [1.165, 1.54) is 33.8 Å². The van der Waals surface area contributed by atoms with Gasteiger partial charge >= 0.3 is 18.7 Å². The van der Waals surface area contributed by atoms with E-state index in [4.69, 9.17) is 42.1 Å². The third-order valence-electron chi connectivity index (χ3n) is 13.3. The summed E-state index contributed by atoms with van der Waals surface area (Å²) < 4.78 is 52.1. The number of nitrogens with zero attached hydrogens (tertiary/aromatic N) is 5. The maximum absolute atomic E-state index is 14.8. The van der Waals surface area contributed by atoms with E-state index < -0.39 is 41.4 Å². The third-order valence-corrected chi connectivity index (χ3v) is 15.5. The van der Waals surface area contributed by atoms with Gasteiger partial charge in [0.1, 0.15) is 28.5 Å². The molecule has 2 bridgehead atoms. The number of thioether (sulfide) groups is 1. The number of carbonyl (C=O) groups excluding carboxylic acids is 2. The summed E-state index contributed by atoms with van der Waals surface area (Å²) in [5.74, 6) is -2.21. The van der Waals surface area contributed by atoms with Crippen LogP contribution in [0.1, 0.15) is 76.1 Å². The Morgan fingerprint density at radius 3 is 2.35 bits per heavy atom. The van der Waals surface area contributed by atoms with E-state index in [0.717, 1.165) is 80.6 Å². The summed E-state index contributed by atoms with van der Waals surface area (Å²) in [4.78, 5) is 43.7. The molecule has 1 aliphatic carbocycles. The van der Waals surface area contributed by atoms with Gasteiger partial charge < -0.3 is 39.5 Å². The number of rotatable bonds is 18. The molecular weight excluding hydrogens is 958 g/mol. The van der Waals surface area contributed by atoms with E-state index in [2.05, 4.69) is 15.3 Å². The second-order valence-corrected chi connectivity index (χ2v) is 19.9. The maximum atomic E-state index is 14.8. The molecule has 69 heavy (non-hydrogen) atoms. The number of carboxylic acid groups (broad SMARTS) is 1. The van der Waals surface area contributed by atoms with Gasteiger partial charge in [-0.25, -0.2) is 9.59 Å². The lowest BCUT2D eigenvalue weighted by Crippen LogP contribution is -2.55. The van der Waals surface area contributed by atoms with Crippen molar-refractivity contribution in [2.75, 3.05) is 38.5 Å². The average molecular weight is 1010 g/mol. The van der Waals surface area contributed by atoms with E-state index in [-0.39, 0.29) is 76.8 Å². The average Bonchev–Trinajstić information content (AvgIpc) is 3.93. The van der Waals surface area contributed by atoms with Crippen LogP contribution in [0.4, 0.5) is 13.6 Å². The van der Waals surface area contributed by atoms with Crippen LogP contribution in [0.15, 0.2) is 91.3 Å². The second kappa shape index (κ2) is 20.6. The van der Waals surface area contributed by atoms with Crippen LogP contribution >= 0.6 is 35.0 Å². The molecule has 4 atom stereocenters. The summed E-state index contributed by atoms with van der Waals surface area (Å²) in [6.07, 6.45) is 5.16. The summed E-state index contributed by atoms with van der Waals surface area (Å²) in [5.41, 5.74) is 2.58. The predicted molar refractivity (Wildman–Crippen MR) is 252 cm³/mol. The number of pyridine rings is 1. The minimum Gasteiger partial charge on any atom is -0.619 e. The second-order valence-electron chi connectivity index (χ2n) is 17.8. The minimum atomic E-state index is -3.16. The summed E-state index contributed by atoms with van der Waals surface area (Å²) in [6, 6.07) is 22.0. The van der Waals surface area contributed by atoms with Crippen LogP contribution in [0.3, 0.4) is 0 Å².